The van der Waals surface area contributed by atoms with Gasteiger partial charge < -0.3 is 0 Å². The minimum Gasteiger partial charge on any atom is -0.207 e. The molecule has 1 N–H and O–H groups in total. The summed E-state index contributed by atoms with van der Waals surface area (Å²) in [6.45, 7) is 8.69. The Kier molecular flexibility index (Phi) is 5.73. The normalized spacial score (nSPS) is 12.5. The summed E-state index contributed by atoms with van der Waals surface area (Å²) in [5, 5.41) is 0. The maximum absolute atomic E-state index is 13.7. The fraction of sp³-hybridized carbons (Fsp3) is 0.368. The zero-order valence-electron chi connectivity index (χ0n) is 15.7. The minimum absolute atomic E-state index is 0.0972. The molecule has 0 aromatic heterocycles. The summed E-state index contributed by atoms with van der Waals surface area (Å²) >= 11 is 0. The van der Waals surface area contributed by atoms with Crippen LogP contribution in [0, 0.1) is 40.4 Å². The number of nitrogens with one attached hydrogen (secondary N) is 1. The molecule has 0 aliphatic carbocycles. The van der Waals surface area contributed by atoms with Gasteiger partial charge in [-0.1, -0.05) is 6.07 Å². The van der Waals surface area contributed by atoms with Gasteiger partial charge in [0.05, 0.1) is 10.5 Å². The van der Waals surface area contributed by atoms with Gasteiger partial charge >= 0.3 is 6.18 Å². The first-order valence-corrected chi connectivity index (χ1v) is 9.68. The summed E-state index contributed by atoms with van der Waals surface area (Å²) in [7, 11) is -3.93. The van der Waals surface area contributed by atoms with Crippen LogP contribution in [0.4, 0.5) is 17.6 Å². The van der Waals surface area contributed by atoms with E-state index in [1.807, 2.05) is 20.8 Å². The van der Waals surface area contributed by atoms with Crippen LogP contribution in [0.25, 0.3) is 0 Å². The molecule has 3 nitrogen and oxygen atoms in total. The quantitative estimate of drug-likeness (QED) is 0.741. The zero-order valence-corrected chi connectivity index (χ0v) is 16.5. The molecule has 0 heterocycles. The van der Waals surface area contributed by atoms with Crippen molar-refractivity contribution in [3.8, 4) is 0 Å². The maximum Gasteiger partial charge on any atom is 0.419 e. The second-order valence-corrected chi connectivity index (χ2v) is 8.29. The van der Waals surface area contributed by atoms with Gasteiger partial charge in [-0.25, -0.2) is 17.5 Å². The van der Waals surface area contributed by atoms with E-state index in [4.69, 9.17) is 0 Å². The standard InChI is InChI=1S/C19H21F4NO2S/c1-10-11(2)13(4)18(14(5)12(10)3)27(25,26)24-9-15-6-7-16(17(20)8-15)19(21,22)23/h6-8,24H,9H2,1-5H3. The molecule has 0 bridgehead atoms. The Balaban J connectivity index is 2.36. The molecule has 148 valence electrons. The summed E-state index contributed by atoms with van der Waals surface area (Å²) < 4.78 is 79.5. The molecule has 8 heteroatoms. The van der Waals surface area contributed by atoms with Crippen molar-refractivity contribution < 1.29 is 26.0 Å². The number of sulfonamides is 1. The highest BCUT2D eigenvalue weighted by molar-refractivity contribution is 7.89. The largest absolute Gasteiger partial charge is 0.419 e. The lowest BCUT2D eigenvalue weighted by Crippen LogP contribution is -2.26. The monoisotopic (exact) mass is 403 g/mol. The smallest absolute Gasteiger partial charge is 0.207 e. The fourth-order valence-electron chi connectivity index (χ4n) is 3.02. The summed E-state index contributed by atoms with van der Waals surface area (Å²) in [6, 6.07) is 2.35. The van der Waals surface area contributed by atoms with Gasteiger partial charge in [-0.15, -0.1) is 0 Å². The predicted molar refractivity (Wildman–Crippen MR) is 95.6 cm³/mol. The van der Waals surface area contributed by atoms with Crippen LogP contribution in [0.5, 0.6) is 0 Å². The van der Waals surface area contributed by atoms with Gasteiger partial charge in [-0.3, -0.25) is 0 Å². The van der Waals surface area contributed by atoms with E-state index in [9.17, 15) is 26.0 Å². The van der Waals surface area contributed by atoms with E-state index in [2.05, 4.69) is 4.72 Å². The highest BCUT2D eigenvalue weighted by atomic mass is 32.2. The lowest BCUT2D eigenvalue weighted by Gasteiger charge is -2.19. The Morgan fingerprint density at radius 3 is 1.81 bits per heavy atom. The van der Waals surface area contributed by atoms with Crippen LogP contribution in [0.1, 0.15) is 38.9 Å². The molecule has 0 saturated carbocycles. The molecule has 2 aromatic rings. The summed E-state index contributed by atoms with van der Waals surface area (Å²) in [5.41, 5.74) is 2.67. The van der Waals surface area contributed by atoms with Crippen LogP contribution in [0.2, 0.25) is 0 Å². The molecule has 0 amide bonds. The Hall–Kier alpha value is -1.93. The van der Waals surface area contributed by atoms with Crippen molar-refractivity contribution in [2.45, 2.75) is 52.2 Å². The van der Waals surface area contributed by atoms with Crippen molar-refractivity contribution in [1.29, 1.82) is 0 Å². The summed E-state index contributed by atoms with van der Waals surface area (Å²) in [5.74, 6) is -1.44. The minimum atomic E-state index is -4.80. The van der Waals surface area contributed by atoms with Gasteiger partial charge in [-0.05, 0) is 80.1 Å². The van der Waals surface area contributed by atoms with Crippen molar-refractivity contribution >= 4 is 10.0 Å². The van der Waals surface area contributed by atoms with Crippen molar-refractivity contribution in [2.75, 3.05) is 0 Å². The van der Waals surface area contributed by atoms with Crippen LogP contribution in [-0.4, -0.2) is 8.42 Å². The van der Waals surface area contributed by atoms with Crippen LogP contribution >= 0.6 is 0 Å². The summed E-state index contributed by atoms with van der Waals surface area (Å²) in [4.78, 5) is 0.149. The molecule has 0 radical (unpaired) electrons. The zero-order chi connectivity index (χ0) is 20.7. The molecule has 0 spiro atoms. The van der Waals surface area contributed by atoms with Crippen molar-refractivity contribution in [3.63, 3.8) is 0 Å². The first-order chi connectivity index (χ1) is 12.3. The maximum atomic E-state index is 13.7. The third-order valence-electron chi connectivity index (χ3n) is 5.01. The highest BCUT2D eigenvalue weighted by Gasteiger charge is 2.34. The summed E-state index contributed by atoms with van der Waals surface area (Å²) in [6.07, 6.45) is -4.80. The van der Waals surface area contributed by atoms with Crippen LogP contribution < -0.4 is 4.72 Å². The molecular weight excluding hydrogens is 382 g/mol. The molecule has 2 rings (SSSR count). The van der Waals surface area contributed by atoms with Gasteiger partial charge in [0.15, 0.2) is 0 Å². The fourth-order valence-corrected chi connectivity index (χ4v) is 4.63. The number of hydrogen-bond donors (Lipinski definition) is 1. The lowest BCUT2D eigenvalue weighted by atomic mass is 9.95. The van der Waals surface area contributed by atoms with Crippen LogP contribution in [0.3, 0.4) is 0 Å². The van der Waals surface area contributed by atoms with Crippen LogP contribution in [-0.2, 0) is 22.7 Å². The number of benzene rings is 2. The first kappa shape index (κ1) is 21.4. The van der Waals surface area contributed by atoms with Gasteiger partial charge in [0, 0.05) is 6.54 Å². The number of alkyl halides is 3. The van der Waals surface area contributed by atoms with E-state index in [0.717, 1.165) is 22.8 Å². The predicted octanol–water partition coefficient (Wildman–Crippen LogP) is 4.87. The van der Waals surface area contributed by atoms with Crippen LogP contribution in [0.15, 0.2) is 23.1 Å². The average Bonchev–Trinajstić information content (AvgIpc) is 2.55. The van der Waals surface area contributed by atoms with Gasteiger partial charge in [-0.2, -0.15) is 13.2 Å². The number of hydrogen-bond acceptors (Lipinski definition) is 2. The van der Waals surface area contributed by atoms with E-state index in [0.29, 0.717) is 23.3 Å². The van der Waals surface area contributed by atoms with Gasteiger partial charge in [0.2, 0.25) is 10.0 Å². The second kappa shape index (κ2) is 7.24. The second-order valence-electron chi connectivity index (χ2n) is 6.59. The number of rotatable bonds is 4. The molecule has 0 atom stereocenters. The van der Waals surface area contributed by atoms with Gasteiger partial charge in [0.1, 0.15) is 5.82 Å². The van der Waals surface area contributed by atoms with E-state index < -0.39 is 27.6 Å². The number of halogens is 4. The van der Waals surface area contributed by atoms with E-state index >= 15 is 0 Å². The van der Waals surface area contributed by atoms with E-state index in [-0.39, 0.29) is 17.0 Å². The SMILES string of the molecule is Cc1c(C)c(C)c(S(=O)(=O)NCc2ccc(C(F)(F)F)c(F)c2)c(C)c1C. The van der Waals surface area contributed by atoms with Gasteiger partial charge in [0.25, 0.3) is 0 Å². The Bertz CT molecular complexity index is 967. The van der Waals surface area contributed by atoms with Crippen molar-refractivity contribution in [2.24, 2.45) is 0 Å². The molecule has 0 saturated heterocycles. The van der Waals surface area contributed by atoms with E-state index in [1.165, 1.54) is 0 Å². The molecule has 0 fully saturated rings. The third-order valence-corrected chi connectivity index (χ3v) is 6.68. The third kappa shape index (κ3) is 4.16. The molecule has 2 aromatic carbocycles. The average molecular weight is 403 g/mol. The topological polar surface area (TPSA) is 46.2 Å². The van der Waals surface area contributed by atoms with Crippen molar-refractivity contribution in [3.05, 3.63) is 63.0 Å². The van der Waals surface area contributed by atoms with Crippen molar-refractivity contribution in [1.82, 2.24) is 4.72 Å². The molecule has 0 aliphatic heterocycles. The highest BCUT2D eigenvalue weighted by Crippen LogP contribution is 2.32. The Labute approximate surface area is 156 Å². The first-order valence-electron chi connectivity index (χ1n) is 8.19. The Morgan fingerprint density at radius 1 is 0.889 bits per heavy atom. The van der Waals surface area contributed by atoms with E-state index in [1.54, 1.807) is 13.8 Å². The molecule has 0 aliphatic rings. The lowest BCUT2D eigenvalue weighted by molar-refractivity contribution is -0.140. The molecule has 27 heavy (non-hydrogen) atoms. The Morgan fingerprint density at radius 2 is 1.37 bits per heavy atom. The molecule has 0 unspecified atom stereocenters. The molecular formula is C19H21F4NO2S.